The summed E-state index contributed by atoms with van der Waals surface area (Å²) in [5.74, 6) is 1.19. The summed E-state index contributed by atoms with van der Waals surface area (Å²) in [6.07, 6.45) is 3.96. The summed E-state index contributed by atoms with van der Waals surface area (Å²) in [7, 11) is 0. The summed E-state index contributed by atoms with van der Waals surface area (Å²) < 4.78 is 2.16. The molecule has 2 aromatic heterocycles. The lowest BCUT2D eigenvalue weighted by Gasteiger charge is -2.24. The molecule has 1 aliphatic heterocycles. The van der Waals surface area contributed by atoms with Crippen LogP contribution in [-0.4, -0.2) is 21.5 Å². The van der Waals surface area contributed by atoms with Gasteiger partial charge < -0.3 is 9.88 Å². The number of hydrogen-bond donors (Lipinski definition) is 1. The summed E-state index contributed by atoms with van der Waals surface area (Å²) in [6, 6.07) is 2.19. The Balaban J connectivity index is 1.69. The largest absolute Gasteiger partial charge is 0.347 e. The van der Waals surface area contributed by atoms with Crippen LogP contribution in [0.15, 0.2) is 17.6 Å². The Morgan fingerprint density at radius 2 is 2.37 bits per heavy atom. The third-order valence-corrected chi connectivity index (χ3v) is 4.53. The van der Waals surface area contributed by atoms with Crippen molar-refractivity contribution >= 4 is 17.2 Å². The van der Waals surface area contributed by atoms with Crippen molar-refractivity contribution in [3.8, 4) is 0 Å². The summed E-state index contributed by atoms with van der Waals surface area (Å²) in [5.41, 5.74) is 2.11. The zero-order valence-electron chi connectivity index (χ0n) is 11.1. The smallest absolute Gasteiger partial charge is 0.261 e. The van der Waals surface area contributed by atoms with Crippen molar-refractivity contribution in [3.05, 3.63) is 39.6 Å². The number of hydrogen-bond acceptors (Lipinski definition) is 3. The molecular weight excluding hydrogens is 258 g/mol. The van der Waals surface area contributed by atoms with E-state index in [0.717, 1.165) is 41.3 Å². The zero-order chi connectivity index (χ0) is 13.4. The molecule has 2 aromatic rings. The van der Waals surface area contributed by atoms with E-state index in [9.17, 15) is 4.79 Å². The van der Waals surface area contributed by atoms with Gasteiger partial charge in [0.2, 0.25) is 0 Å². The van der Waals surface area contributed by atoms with Gasteiger partial charge in [-0.3, -0.25) is 4.79 Å². The maximum atomic E-state index is 12.2. The molecular formula is C14H17N3OS. The van der Waals surface area contributed by atoms with Gasteiger partial charge in [-0.25, -0.2) is 4.98 Å². The minimum atomic E-state index is 0.0535. The number of fused-ring (bicyclic) bond motifs is 1. The molecule has 1 N–H and O–H groups in total. The molecule has 0 spiro atoms. The van der Waals surface area contributed by atoms with Crippen molar-refractivity contribution in [2.75, 3.05) is 0 Å². The van der Waals surface area contributed by atoms with Crippen LogP contribution in [-0.2, 0) is 13.0 Å². The molecule has 5 heteroatoms. The average molecular weight is 275 g/mol. The van der Waals surface area contributed by atoms with Crippen molar-refractivity contribution in [2.45, 2.75) is 39.3 Å². The highest BCUT2D eigenvalue weighted by atomic mass is 32.1. The van der Waals surface area contributed by atoms with Crippen LogP contribution in [0.1, 0.15) is 33.2 Å². The van der Waals surface area contributed by atoms with Crippen LogP contribution < -0.4 is 5.32 Å². The summed E-state index contributed by atoms with van der Waals surface area (Å²) in [4.78, 5) is 17.5. The lowest BCUT2D eigenvalue weighted by molar-refractivity contribution is 0.0931. The summed E-state index contributed by atoms with van der Waals surface area (Å²) in [6.45, 7) is 4.81. The second kappa shape index (κ2) is 4.81. The number of nitrogens with zero attached hydrogens (tertiary/aromatic N) is 2. The first-order valence-electron chi connectivity index (χ1n) is 6.51. The van der Waals surface area contributed by atoms with E-state index in [1.54, 1.807) is 0 Å². The SMILES string of the molecule is Cc1cn2c(n1)CCC(NC(=O)c1sccc1C)C2. The van der Waals surface area contributed by atoms with Crippen LogP contribution in [0, 0.1) is 13.8 Å². The van der Waals surface area contributed by atoms with Gasteiger partial charge in [0.1, 0.15) is 5.82 Å². The molecule has 3 rings (SSSR count). The molecule has 1 aliphatic rings. The Morgan fingerprint density at radius 1 is 1.53 bits per heavy atom. The second-order valence-corrected chi connectivity index (χ2v) is 6.01. The van der Waals surface area contributed by atoms with Crippen LogP contribution >= 0.6 is 11.3 Å². The minimum absolute atomic E-state index is 0.0535. The number of imidazole rings is 1. The molecule has 1 atom stereocenters. The Labute approximate surface area is 116 Å². The fraction of sp³-hybridized carbons (Fsp3) is 0.429. The van der Waals surface area contributed by atoms with Crippen molar-refractivity contribution in [1.29, 1.82) is 0 Å². The maximum Gasteiger partial charge on any atom is 0.261 e. The van der Waals surface area contributed by atoms with Gasteiger partial charge in [0.05, 0.1) is 10.6 Å². The molecule has 0 aromatic carbocycles. The standard InChI is InChI=1S/C14H17N3OS/c1-9-5-6-19-13(9)14(18)16-11-3-4-12-15-10(2)7-17(12)8-11/h5-7,11H,3-4,8H2,1-2H3,(H,16,18). The van der Waals surface area contributed by atoms with Crippen molar-refractivity contribution in [1.82, 2.24) is 14.9 Å². The lowest BCUT2D eigenvalue weighted by Crippen LogP contribution is -2.40. The predicted molar refractivity (Wildman–Crippen MR) is 75.6 cm³/mol. The molecule has 1 unspecified atom stereocenters. The Kier molecular flexibility index (Phi) is 3.14. The number of aromatic nitrogens is 2. The van der Waals surface area contributed by atoms with Crippen LogP contribution in [0.5, 0.6) is 0 Å². The van der Waals surface area contributed by atoms with Crippen LogP contribution in [0.2, 0.25) is 0 Å². The van der Waals surface area contributed by atoms with E-state index in [2.05, 4.69) is 21.1 Å². The molecule has 0 aliphatic carbocycles. The topological polar surface area (TPSA) is 46.9 Å². The number of thiophene rings is 1. The van der Waals surface area contributed by atoms with E-state index in [-0.39, 0.29) is 11.9 Å². The third kappa shape index (κ3) is 2.42. The fourth-order valence-electron chi connectivity index (χ4n) is 2.56. The number of rotatable bonds is 2. The van der Waals surface area contributed by atoms with Crippen molar-refractivity contribution < 1.29 is 4.79 Å². The molecule has 0 saturated carbocycles. The lowest BCUT2D eigenvalue weighted by atomic mass is 10.1. The van der Waals surface area contributed by atoms with Crippen molar-refractivity contribution in [2.24, 2.45) is 0 Å². The molecule has 0 radical (unpaired) electrons. The number of amides is 1. The Morgan fingerprint density at radius 3 is 3.11 bits per heavy atom. The maximum absolute atomic E-state index is 12.2. The van der Waals surface area contributed by atoms with Crippen molar-refractivity contribution in [3.63, 3.8) is 0 Å². The molecule has 0 saturated heterocycles. The van der Waals surface area contributed by atoms with Gasteiger partial charge in [0.25, 0.3) is 5.91 Å². The summed E-state index contributed by atoms with van der Waals surface area (Å²) >= 11 is 1.50. The molecule has 3 heterocycles. The van der Waals surface area contributed by atoms with Gasteiger partial charge in [0.15, 0.2) is 0 Å². The molecule has 0 bridgehead atoms. The summed E-state index contributed by atoms with van der Waals surface area (Å²) in [5, 5.41) is 5.10. The normalized spacial score (nSPS) is 18.1. The Hall–Kier alpha value is -1.62. The van der Waals surface area contributed by atoms with Crippen LogP contribution in [0.3, 0.4) is 0 Å². The van der Waals surface area contributed by atoms with Crippen LogP contribution in [0.4, 0.5) is 0 Å². The first-order valence-corrected chi connectivity index (χ1v) is 7.39. The molecule has 1 amide bonds. The molecule has 19 heavy (non-hydrogen) atoms. The van der Waals surface area contributed by atoms with E-state index in [1.165, 1.54) is 11.3 Å². The third-order valence-electron chi connectivity index (χ3n) is 3.52. The number of aryl methyl sites for hydroxylation is 3. The monoisotopic (exact) mass is 275 g/mol. The van der Waals surface area contributed by atoms with Gasteiger partial charge in [-0.15, -0.1) is 11.3 Å². The van der Waals surface area contributed by atoms with Gasteiger partial charge in [-0.1, -0.05) is 0 Å². The van der Waals surface area contributed by atoms with E-state index < -0.39 is 0 Å². The highest BCUT2D eigenvalue weighted by molar-refractivity contribution is 7.12. The Bertz CT molecular complexity index is 614. The fourth-order valence-corrected chi connectivity index (χ4v) is 3.39. The minimum Gasteiger partial charge on any atom is -0.347 e. The first-order chi connectivity index (χ1) is 9.13. The second-order valence-electron chi connectivity index (χ2n) is 5.09. The molecule has 0 fully saturated rings. The predicted octanol–water partition coefficient (Wildman–Crippen LogP) is 2.31. The van der Waals surface area contributed by atoms with Gasteiger partial charge in [0, 0.05) is 25.2 Å². The molecule has 4 nitrogen and oxygen atoms in total. The quantitative estimate of drug-likeness (QED) is 0.914. The number of carbonyl (C=O) groups excluding carboxylic acids is 1. The van der Waals surface area contributed by atoms with E-state index in [1.807, 2.05) is 25.3 Å². The van der Waals surface area contributed by atoms with E-state index in [4.69, 9.17) is 0 Å². The number of nitrogens with one attached hydrogen (secondary N) is 1. The first kappa shape index (κ1) is 12.4. The van der Waals surface area contributed by atoms with E-state index >= 15 is 0 Å². The van der Waals surface area contributed by atoms with Gasteiger partial charge in [-0.05, 0) is 37.3 Å². The number of carbonyl (C=O) groups is 1. The highest BCUT2D eigenvalue weighted by Gasteiger charge is 2.22. The van der Waals surface area contributed by atoms with Crippen LogP contribution in [0.25, 0.3) is 0 Å². The van der Waals surface area contributed by atoms with Gasteiger partial charge in [-0.2, -0.15) is 0 Å². The zero-order valence-corrected chi connectivity index (χ0v) is 12.0. The van der Waals surface area contributed by atoms with Gasteiger partial charge >= 0.3 is 0 Å². The molecule has 100 valence electrons. The highest BCUT2D eigenvalue weighted by Crippen LogP contribution is 2.18. The van der Waals surface area contributed by atoms with E-state index in [0.29, 0.717) is 0 Å². The average Bonchev–Trinajstić information content (AvgIpc) is 2.93.